The van der Waals surface area contributed by atoms with Crippen LogP contribution in [0.5, 0.6) is 5.75 Å². The van der Waals surface area contributed by atoms with Gasteiger partial charge in [0.2, 0.25) is 0 Å². The van der Waals surface area contributed by atoms with E-state index in [2.05, 4.69) is 10.1 Å². The monoisotopic (exact) mass is 365 g/mol. The van der Waals surface area contributed by atoms with E-state index in [0.29, 0.717) is 11.3 Å². The number of hydrogen-bond acceptors (Lipinski definition) is 5. The first-order valence-corrected chi connectivity index (χ1v) is 8.14. The predicted octanol–water partition coefficient (Wildman–Crippen LogP) is 4.09. The molecule has 140 valence electrons. The van der Waals surface area contributed by atoms with E-state index in [-0.39, 0.29) is 23.6 Å². The lowest BCUT2D eigenvalue weighted by molar-refractivity contribution is -0.141. The zero-order valence-corrected chi connectivity index (χ0v) is 15.0. The number of alkyl halides is 2. The zero-order chi connectivity index (χ0) is 19.3. The highest BCUT2D eigenvalue weighted by molar-refractivity contribution is 5.85. The topological polar surface area (TPSA) is 66.2 Å². The minimum absolute atomic E-state index is 0.156. The number of aromatic nitrogens is 3. The SMILES string of the molecule is CC(C)OC(=O)C=Cn1cnc(-c2cc(OC(C)C)cc(C(F)F)c2)n1. The lowest BCUT2D eigenvalue weighted by Crippen LogP contribution is -2.08. The van der Waals surface area contributed by atoms with Gasteiger partial charge in [-0.2, -0.15) is 0 Å². The molecule has 8 heteroatoms. The minimum Gasteiger partial charge on any atom is -0.491 e. The number of carbonyl (C=O) groups is 1. The first kappa shape index (κ1) is 19.6. The molecule has 1 heterocycles. The van der Waals surface area contributed by atoms with Gasteiger partial charge in [0.25, 0.3) is 6.43 Å². The van der Waals surface area contributed by atoms with Crippen LogP contribution < -0.4 is 4.74 Å². The summed E-state index contributed by atoms with van der Waals surface area (Å²) in [5, 5.41) is 4.16. The van der Waals surface area contributed by atoms with Crippen molar-refractivity contribution in [3.05, 3.63) is 36.2 Å². The maximum Gasteiger partial charge on any atom is 0.332 e. The smallest absolute Gasteiger partial charge is 0.332 e. The average molecular weight is 365 g/mol. The molecule has 2 rings (SSSR count). The number of esters is 1. The van der Waals surface area contributed by atoms with Crippen molar-refractivity contribution < 1.29 is 23.0 Å². The normalized spacial score (nSPS) is 11.7. The number of nitrogens with zero attached hydrogens (tertiary/aromatic N) is 3. The van der Waals surface area contributed by atoms with Gasteiger partial charge in [-0.05, 0) is 45.9 Å². The first-order valence-electron chi connectivity index (χ1n) is 8.14. The number of benzene rings is 1. The second kappa shape index (κ2) is 8.55. The second-order valence-corrected chi connectivity index (χ2v) is 6.11. The molecule has 2 aromatic rings. The third-order valence-electron chi connectivity index (χ3n) is 3.03. The fourth-order valence-corrected chi connectivity index (χ4v) is 2.11. The summed E-state index contributed by atoms with van der Waals surface area (Å²) in [5.74, 6) is 0.0487. The molecule has 0 spiro atoms. The van der Waals surface area contributed by atoms with Gasteiger partial charge in [-0.3, -0.25) is 0 Å². The van der Waals surface area contributed by atoms with Gasteiger partial charge in [0, 0.05) is 23.4 Å². The minimum atomic E-state index is -2.64. The van der Waals surface area contributed by atoms with Gasteiger partial charge >= 0.3 is 5.97 Å². The van der Waals surface area contributed by atoms with Crippen LogP contribution in [-0.2, 0) is 9.53 Å². The summed E-state index contributed by atoms with van der Waals surface area (Å²) in [6.45, 7) is 7.10. The molecule has 0 aliphatic carbocycles. The van der Waals surface area contributed by atoms with E-state index in [1.807, 2.05) is 13.8 Å². The fraction of sp³-hybridized carbons (Fsp3) is 0.389. The molecule has 1 aromatic heterocycles. The van der Waals surface area contributed by atoms with Gasteiger partial charge in [0.15, 0.2) is 5.82 Å². The Labute approximate surface area is 150 Å². The molecule has 0 aliphatic rings. The largest absolute Gasteiger partial charge is 0.491 e. The standard InChI is InChI=1S/C18H21F2N3O3/c1-11(2)25-15-8-13(17(19)20)7-14(9-15)18-21-10-23(22-18)6-5-16(24)26-12(3)4/h5-12,17H,1-4H3. The maximum atomic E-state index is 13.1. The van der Waals surface area contributed by atoms with Gasteiger partial charge < -0.3 is 9.47 Å². The third-order valence-corrected chi connectivity index (χ3v) is 3.03. The Bertz CT molecular complexity index is 786. The van der Waals surface area contributed by atoms with Crippen LogP contribution in [0.15, 0.2) is 30.6 Å². The predicted molar refractivity (Wildman–Crippen MR) is 92.7 cm³/mol. The molecule has 0 unspecified atom stereocenters. The Morgan fingerprint density at radius 1 is 1.15 bits per heavy atom. The van der Waals surface area contributed by atoms with E-state index in [0.717, 1.165) is 0 Å². The van der Waals surface area contributed by atoms with Crippen LogP contribution in [0.3, 0.4) is 0 Å². The molecule has 0 fully saturated rings. The summed E-state index contributed by atoms with van der Waals surface area (Å²) in [6, 6.07) is 4.21. The Balaban J connectivity index is 2.25. The van der Waals surface area contributed by atoms with Crippen molar-refractivity contribution in [2.24, 2.45) is 0 Å². The van der Waals surface area contributed by atoms with E-state index in [1.54, 1.807) is 19.9 Å². The Morgan fingerprint density at radius 2 is 1.88 bits per heavy atom. The molecule has 0 atom stereocenters. The van der Waals surface area contributed by atoms with Crippen molar-refractivity contribution in [1.82, 2.24) is 14.8 Å². The van der Waals surface area contributed by atoms with Gasteiger partial charge in [-0.25, -0.2) is 23.2 Å². The second-order valence-electron chi connectivity index (χ2n) is 6.11. The lowest BCUT2D eigenvalue weighted by Gasteiger charge is -2.12. The molecular weight excluding hydrogens is 344 g/mol. The molecule has 0 amide bonds. The summed E-state index contributed by atoms with van der Waals surface area (Å²) < 4.78 is 38.1. The van der Waals surface area contributed by atoms with Gasteiger partial charge in [0.1, 0.15) is 12.1 Å². The Morgan fingerprint density at radius 3 is 2.50 bits per heavy atom. The Kier molecular flexibility index (Phi) is 6.43. The molecule has 0 N–H and O–H groups in total. The Hall–Kier alpha value is -2.77. The highest BCUT2D eigenvalue weighted by Gasteiger charge is 2.14. The van der Waals surface area contributed by atoms with Gasteiger partial charge in [0.05, 0.1) is 12.2 Å². The van der Waals surface area contributed by atoms with Crippen molar-refractivity contribution in [3.8, 4) is 17.1 Å². The lowest BCUT2D eigenvalue weighted by atomic mass is 10.1. The van der Waals surface area contributed by atoms with E-state index in [9.17, 15) is 13.6 Å². The van der Waals surface area contributed by atoms with Crippen molar-refractivity contribution in [2.45, 2.75) is 46.3 Å². The van der Waals surface area contributed by atoms with Crippen molar-refractivity contribution in [3.63, 3.8) is 0 Å². The number of hydrogen-bond donors (Lipinski definition) is 0. The molecule has 0 aliphatic heterocycles. The van der Waals surface area contributed by atoms with Crippen LogP contribution in [0.1, 0.15) is 39.7 Å². The number of halogens is 2. The number of ether oxygens (including phenoxy) is 2. The molecule has 0 radical (unpaired) electrons. The first-order chi connectivity index (χ1) is 12.2. The molecule has 1 aromatic carbocycles. The van der Waals surface area contributed by atoms with Crippen LogP contribution in [0.4, 0.5) is 8.78 Å². The maximum absolute atomic E-state index is 13.1. The molecule has 0 bridgehead atoms. The van der Waals surface area contributed by atoms with Crippen LogP contribution >= 0.6 is 0 Å². The summed E-state index contributed by atoms with van der Waals surface area (Å²) in [4.78, 5) is 15.6. The molecule has 0 saturated heterocycles. The number of carbonyl (C=O) groups excluding carboxylic acids is 1. The van der Waals surface area contributed by atoms with Crippen molar-refractivity contribution in [2.75, 3.05) is 0 Å². The summed E-state index contributed by atoms with van der Waals surface area (Å²) >= 11 is 0. The van der Waals surface area contributed by atoms with Crippen LogP contribution in [0, 0.1) is 0 Å². The molecule has 6 nitrogen and oxygen atoms in total. The summed E-state index contributed by atoms with van der Waals surface area (Å²) in [5.41, 5.74) is 0.223. The van der Waals surface area contributed by atoms with Crippen molar-refractivity contribution in [1.29, 1.82) is 0 Å². The van der Waals surface area contributed by atoms with Gasteiger partial charge in [-0.15, -0.1) is 5.10 Å². The van der Waals surface area contributed by atoms with Crippen LogP contribution in [0.2, 0.25) is 0 Å². The molecule has 26 heavy (non-hydrogen) atoms. The fourth-order valence-electron chi connectivity index (χ4n) is 2.11. The zero-order valence-electron chi connectivity index (χ0n) is 15.0. The van der Waals surface area contributed by atoms with E-state index in [1.165, 1.54) is 35.4 Å². The summed E-state index contributed by atoms with van der Waals surface area (Å²) in [6.07, 6.45) is 0.931. The number of rotatable bonds is 7. The molecule has 0 saturated carbocycles. The third kappa shape index (κ3) is 5.65. The highest BCUT2D eigenvalue weighted by atomic mass is 19.3. The van der Waals surface area contributed by atoms with E-state index in [4.69, 9.17) is 9.47 Å². The van der Waals surface area contributed by atoms with Crippen molar-refractivity contribution >= 4 is 12.2 Å². The van der Waals surface area contributed by atoms with Gasteiger partial charge in [-0.1, -0.05) is 0 Å². The van der Waals surface area contributed by atoms with E-state index < -0.39 is 12.4 Å². The summed E-state index contributed by atoms with van der Waals surface area (Å²) in [7, 11) is 0. The van der Waals surface area contributed by atoms with Crippen LogP contribution in [-0.4, -0.2) is 32.9 Å². The van der Waals surface area contributed by atoms with E-state index >= 15 is 0 Å². The average Bonchev–Trinajstić information content (AvgIpc) is 3.00. The quantitative estimate of drug-likeness (QED) is 0.546. The highest BCUT2D eigenvalue weighted by Crippen LogP contribution is 2.29. The molecular formula is C18H21F2N3O3. The van der Waals surface area contributed by atoms with Crippen LogP contribution in [0.25, 0.3) is 17.6 Å².